The summed E-state index contributed by atoms with van der Waals surface area (Å²) in [5, 5.41) is 5.55. The number of carbonyl (C=O) groups excluding carboxylic acids is 2. The summed E-state index contributed by atoms with van der Waals surface area (Å²) >= 11 is 0. The van der Waals surface area contributed by atoms with Gasteiger partial charge in [0.1, 0.15) is 11.7 Å². The molecule has 3 atom stereocenters. The van der Waals surface area contributed by atoms with Crippen LogP contribution in [0.5, 0.6) is 0 Å². The van der Waals surface area contributed by atoms with E-state index in [1.807, 2.05) is 20.8 Å². The lowest BCUT2D eigenvalue weighted by Gasteiger charge is -2.32. The van der Waals surface area contributed by atoms with Gasteiger partial charge in [0.15, 0.2) is 0 Å². The molecule has 2 rings (SSSR count). The Morgan fingerprint density at radius 2 is 2.17 bits per heavy atom. The molecule has 0 aromatic carbocycles. The van der Waals surface area contributed by atoms with E-state index in [2.05, 4.69) is 10.6 Å². The fourth-order valence-corrected chi connectivity index (χ4v) is 2.41. The number of hydrogen-bond acceptors (Lipinski definition) is 4. The first-order chi connectivity index (χ1) is 8.35. The van der Waals surface area contributed by atoms with Gasteiger partial charge in [0.25, 0.3) is 0 Å². The molecule has 1 heterocycles. The van der Waals surface area contributed by atoms with Crippen LogP contribution in [0.25, 0.3) is 0 Å². The van der Waals surface area contributed by atoms with Gasteiger partial charge in [0.05, 0.1) is 12.1 Å². The lowest BCUT2D eigenvalue weighted by molar-refractivity contribution is 0.0450. The van der Waals surface area contributed by atoms with Crippen LogP contribution in [0.1, 0.15) is 40.0 Å². The Morgan fingerprint density at radius 3 is 2.83 bits per heavy atom. The standard InChI is InChI=1S/C12H20N2O4/c1-12(2,3)18-11(16)13-7-5-4-6-8-9(7)14-10(15)17-8/h7-9H,4-6H2,1-3H3,(H,13,16)(H,14,15)/t7-,8?,9+/m0/s1. The van der Waals surface area contributed by atoms with E-state index in [1.54, 1.807) is 0 Å². The van der Waals surface area contributed by atoms with Gasteiger partial charge < -0.3 is 20.1 Å². The summed E-state index contributed by atoms with van der Waals surface area (Å²) in [5.74, 6) is 0. The predicted octanol–water partition coefficient (Wildman–Crippen LogP) is 1.54. The minimum absolute atomic E-state index is 0.120. The van der Waals surface area contributed by atoms with Crippen molar-refractivity contribution in [3.8, 4) is 0 Å². The normalized spacial score (nSPS) is 31.1. The predicted molar refractivity (Wildman–Crippen MR) is 64.2 cm³/mol. The average Bonchev–Trinajstić information content (AvgIpc) is 2.56. The molecule has 2 N–H and O–H groups in total. The molecular weight excluding hydrogens is 236 g/mol. The minimum Gasteiger partial charge on any atom is -0.444 e. The van der Waals surface area contributed by atoms with Crippen molar-refractivity contribution in [3.63, 3.8) is 0 Å². The van der Waals surface area contributed by atoms with Crippen LogP contribution in [-0.2, 0) is 9.47 Å². The average molecular weight is 256 g/mol. The second kappa shape index (κ2) is 4.66. The zero-order chi connectivity index (χ0) is 13.3. The molecule has 1 unspecified atom stereocenters. The van der Waals surface area contributed by atoms with Crippen molar-refractivity contribution in [1.29, 1.82) is 0 Å². The first-order valence-electron chi connectivity index (χ1n) is 6.32. The van der Waals surface area contributed by atoms with Gasteiger partial charge in [-0.1, -0.05) is 0 Å². The highest BCUT2D eigenvalue weighted by Gasteiger charge is 2.42. The Balaban J connectivity index is 1.92. The molecule has 0 bridgehead atoms. The van der Waals surface area contributed by atoms with E-state index in [-0.39, 0.29) is 18.2 Å². The topological polar surface area (TPSA) is 76.7 Å². The molecule has 1 aliphatic heterocycles. The summed E-state index contributed by atoms with van der Waals surface area (Å²) in [6, 6.07) is -0.260. The van der Waals surface area contributed by atoms with Gasteiger partial charge in [0, 0.05) is 0 Å². The van der Waals surface area contributed by atoms with Gasteiger partial charge in [-0.15, -0.1) is 0 Å². The Kier molecular flexibility index (Phi) is 3.36. The fourth-order valence-electron chi connectivity index (χ4n) is 2.41. The molecule has 0 radical (unpaired) electrons. The first kappa shape index (κ1) is 13.0. The van der Waals surface area contributed by atoms with E-state index in [0.29, 0.717) is 0 Å². The summed E-state index contributed by atoms with van der Waals surface area (Å²) < 4.78 is 10.3. The van der Waals surface area contributed by atoms with Crippen molar-refractivity contribution < 1.29 is 19.1 Å². The van der Waals surface area contributed by atoms with E-state index in [0.717, 1.165) is 19.3 Å². The third kappa shape index (κ3) is 3.05. The van der Waals surface area contributed by atoms with Crippen LogP contribution in [0.4, 0.5) is 9.59 Å². The number of nitrogens with one attached hydrogen (secondary N) is 2. The Bertz CT molecular complexity index is 350. The molecule has 18 heavy (non-hydrogen) atoms. The maximum absolute atomic E-state index is 11.7. The molecule has 0 aromatic heterocycles. The first-order valence-corrected chi connectivity index (χ1v) is 6.32. The van der Waals surface area contributed by atoms with Crippen LogP contribution in [0.3, 0.4) is 0 Å². The van der Waals surface area contributed by atoms with Crippen molar-refractivity contribution in [2.75, 3.05) is 0 Å². The molecule has 0 aromatic rings. The molecule has 6 nitrogen and oxygen atoms in total. The van der Waals surface area contributed by atoms with Gasteiger partial charge in [-0.3, -0.25) is 0 Å². The van der Waals surface area contributed by atoms with Gasteiger partial charge in [-0.25, -0.2) is 9.59 Å². The Hall–Kier alpha value is -1.46. The number of fused-ring (bicyclic) bond motifs is 1. The highest BCUT2D eigenvalue weighted by Crippen LogP contribution is 2.26. The largest absolute Gasteiger partial charge is 0.444 e. The van der Waals surface area contributed by atoms with Crippen molar-refractivity contribution in [2.24, 2.45) is 0 Å². The summed E-state index contributed by atoms with van der Waals surface area (Å²) in [6.07, 6.45) is 1.61. The third-order valence-corrected chi connectivity index (χ3v) is 3.08. The molecule has 2 fully saturated rings. The van der Waals surface area contributed by atoms with Crippen LogP contribution < -0.4 is 10.6 Å². The maximum Gasteiger partial charge on any atom is 0.407 e. The van der Waals surface area contributed by atoms with Gasteiger partial charge >= 0.3 is 12.2 Å². The van der Waals surface area contributed by atoms with Crippen LogP contribution in [-0.4, -0.2) is 36.0 Å². The molecule has 0 spiro atoms. The van der Waals surface area contributed by atoms with Crippen molar-refractivity contribution in [1.82, 2.24) is 10.6 Å². The highest BCUT2D eigenvalue weighted by atomic mass is 16.6. The smallest absolute Gasteiger partial charge is 0.407 e. The molecule has 1 saturated carbocycles. The molecular formula is C12H20N2O4. The number of alkyl carbamates (subject to hydrolysis) is 2. The van der Waals surface area contributed by atoms with Crippen molar-refractivity contribution in [3.05, 3.63) is 0 Å². The van der Waals surface area contributed by atoms with Crippen LogP contribution in [0.15, 0.2) is 0 Å². The summed E-state index contributed by atoms with van der Waals surface area (Å²) in [5.41, 5.74) is -0.520. The number of carbonyl (C=O) groups is 2. The van der Waals surface area contributed by atoms with Crippen LogP contribution in [0.2, 0.25) is 0 Å². The van der Waals surface area contributed by atoms with Crippen LogP contribution >= 0.6 is 0 Å². The number of amides is 2. The van der Waals surface area contributed by atoms with Gasteiger partial charge in [-0.05, 0) is 40.0 Å². The summed E-state index contributed by atoms with van der Waals surface area (Å²) in [6.45, 7) is 5.45. The number of hydrogen-bond donors (Lipinski definition) is 2. The molecule has 6 heteroatoms. The molecule has 2 amide bonds. The van der Waals surface area contributed by atoms with Crippen LogP contribution in [0, 0.1) is 0 Å². The van der Waals surface area contributed by atoms with Crippen molar-refractivity contribution in [2.45, 2.75) is 63.8 Å². The molecule has 2 aliphatic rings. The van der Waals surface area contributed by atoms with E-state index in [4.69, 9.17) is 9.47 Å². The molecule has 102 valence electrons. The van der Waals surface area contributed by atoms with Crippen molar-refractivity contribution >= 4 is 12.2 Å². The summed E-state index contributed by atoms with van der Waals surface area (Å²) in [4.78, 5) is 22.9. The molecule has 1 saturated heterocycles. The second-order valence-corrected chi connectivity index (χ2v) is 5.80. The van der Waals surface area contributed by atoms with Gasteiger partial charge in [0.2, 0.25) is 0 Å². The lowest BCUT2D eigenvalue weighted by atomic mass is 9.88. The second-order valence-electron chi connectivity index (χ2n) is 5.80. The van der Waals surface area contributed by atoms with E-state index in [1.165, 1.54) is 0 Å². The number of rotatable bonds is 1. The molecule has 1 aliphatic carbocycles. The quantitative estimate of drug-likeness (QED) is 0.746. The van der Waals surface area contributed by atoms with Gasteiger partial charge in [-0.2, -0.15) is 0 Å². The van der Waals surface area contributed by atoms with E-state index < -0.39 is 17.8 Å². The maximum atomic E-state index is 11.7. The monoisotopic (exact) mass is 256 g/mol. The minimum atomic E-state index is -0.520. The zero-order valence-electron chi connectivity index (χ0n) is 11.0. The Labute approximate surface area is 106 Å². The summed E-state index contributed by atoms with van der Waals surface area (Å²) in [7, 11) is 0. The number of ether oxygens (including phenoxy) is 2. The Morgan fingerprint density at radius 1 is 1.44 bits per heavy atom. The highest BCUT2D eigenvalue weighted by molar-refractivity contribution is 5.72. The van der Waals surface area contributed by atoms with E-state index >= 15 is 0 Å². The SMILES string of the molecule is CC(C)(C)OC(=O)N[C@H]1CCCC2OC(=O)N[C@@H]21. The third-order valence-electron chi connectivity index (χ3n) is 3.08. The zero-order valence-corrected chi connectivity index (χ0v) is 11.0. The lowest BCUT2D eigenvalue weighted by Crippen LogP contribution is -2.54. The van der Waals surface area contributed by atoms with E-state index in [9.17, 15) is 9.59 Å². The fraction of sp³-hybridized carbons (Fsp3) is 0.833.